The highest BCUT2D eigenvalue weighted by atomic mass is 16.5. The van der Waals surface area contributed by atoms with Crippen LogP contribution in [0.3, 0.4) is 0 Å². The van der Waals surface area contributed by atoms with E-state index >= 15 is 0 Å². The minimum atomic E-state index is 0.572. The van der Waals surface area contributed by atoms with Crippen molar-refractivity contribution in [2.75, 3.05) is 19.7 Å². The van der Waals surface area contributed by atoms with Crippen LogP contribution in [0.2, 0.25) is 0 Å². The summed E-state index contributed by atoms with van der Waals surface area (Å²) < 4.78 is 5.90. The van der Waals surface area contributed by atoms with E-state index in [0.29, 0.717) is 6.10 Å². The second-order valence-electron chi connectivity index (χ2n) is 5.37. The monoisotopic (exact) mass is 241 g/mol. The molecule has 0 aromatic carbocycles. The van der Waals surface area contributed by atoms with Gasteiger partial charge in [0.05, 0.1) is 6.10 Å². The Morgan fingerprint density at radius 3 is 2.47 bits per heavy atom. The predicted molar refractivity (Wildman–Crippen MR) is 74.4 cm³/mol. The molecule has 0 aromatic rings. The lowest BCUT2D eigenvalue weighted by atomic mass is 9.98. The van der Waals surface area contributed by atoms with Crippen LogP contribution in [0.1, 0.15) is 65.2 Å². The number of hydrogen-bond donors (Lipinski definition) is 1. The topological polar surface area (TPSA) is 21.3 Å². The molecular weight excluding hydrogens is 210 g/mol. The summed E-state index contributed by atoms with van der Waals surface area (Å²) in [4.78, 5) is 0. The summed E-state index contributed by atoms with van der Waals surface area (Å²) >= 11 is 0. The summed E-state index contributed by atoms with van der Waals surface area (Å²) in [6, 6.07) is 0. The average Bonchev–Trinajstić information content (AvgIpc) is 2.39. The minimum Gasteiger partial charge on any atom is -0.378 e. The third kappa shape index (κ3) is 7.05. The van der Waals surface area contributed by atoms with Crippen LogP contribution in [0, 0.1) is 5.92 Å². The lowest BCUT2D eigenvalue weighted by Crippen LogP contribution is -2.25. The molecule has 0 aliphatic heterocycles. The van der Waals surface area contributed by atoms with E-state index in [1.165, 1.54) is 51.5 Å². The molecule has 17 heavy (non-hydrogen) atoms. The number of nitrogens with one attached hydrogen (secondary N) is 1. The average molecular weight is 241 g/mol. The van der Waals surface area contributed by atoms with Crippen molar-refractivity contribution in [2.45, 2.75) is 71.3 Å². The van der Waals surface area contributed by atoms with Gasteiger partial charge < -0.3 is 10.1 Å². The van der Waals surface area contributed by atoms with E-state index < -0.39 is 0 Å². The minimum absolute atomic E-state index is 0.572. The molecule has 1 aliphatic carbocycles. The van der Waals surface area contributed by atoms with Gasteiger partial charge in [0.25, 0.3) is 0 Å². The van der Waals surface area contributed by atoms with Gasteiger partial charge in [0.2, 0.25) is 0 Å². The molecule has 2 nitrogen and oxygen atoms in total. The lowest BCUT2D eigenvalue weighted by Gasteiger charge is -2.22. The van der Waals surface area contributed by atoms with Gasteiger partial charge in [-0.2, -0.15) is 0 Å². The van der Waals surface area contributed by atoms with Crippen molar-refractivity contribution in [1.29, 1.82) is 0 Å². The third-order valence-electron chi connectivity index (χ3n) is 3.99. The Hall–Kier alpha value is -0.0800. The summed E-state index contributed by atoms with van der Waals surface area (Å²) in [6.45, 7) is 7.80. The maximum Gasteiger partial charge on any atom is 0.0575 e. The smallest absolute Gasteiger partial charge is 0.0575 e. The SMILES string of the molecule is CCC(CC)CNCCCOC1CCCCC1. The van der Waals surface area contributed by atoms with E-state index in [4.69, 9.17) is 4.74 Å². The molecule has 102 valence electrons. The van der Waals surface area contributed by atoms with Gasteiger partial charge in [-0.3, -0.25) is 0 Å². The highest BCUT2D eigenvalue weighted by Crippen LogP contribution is 2.20. The maximum absolute atomic E-state index is 5.90. The van der Waals surface area contributed by atoms with Crippen molar-refractivity contribution < 1.29 is 4.74 Å². The molecule has 2 heteroatoms. The molecule has 0 unspecified atom stereocenters. The Labute approximate surface area is 108 Å². The molecule has 1 N–H and O–H groups in total. The fourth-order valence-corrected chi connectivity index (χ4v) is 2.56. The first-order valence-electron chi connectivity index (χ1n) is 7.69. The van der Waals surface area contributed by atoms with Crippen molar-refractivity contribution in [3.63, 3.8) is 0 Å². The first-order valence-corrected chi connectivity index (χ1v) is 7.69. The van der Waals surface area contributed by atoms with Gasteiger partial charge in [-0.1, -0.05) is 46.0 Å². The van der Waals surface area contributed by atoms with Crippen LogP contribution in [-0.4, -0.2) is 25.8 Å². The Bertz CT molecular complexity index is 162. The first kappa shape index (κ1) is 15.0. The molecular formula is C15H31NO. The van der Waals surface area contributed by atoms with Gasteiger partial charge in [-0.05, 0) is 38.3 Å². The summed E-state index contributed by atoms with van der Waals surface area (Å²) in [5, 5.41) is 3.55. The molecule has 1 fully saturated rings. The van der Waals surface area contributed by atoms with Crippen molar-refractivity contribution >= 4 is 0 Å². The quantitative estimate of drug-likeness (QED) is 0.621. The first-order chi connectivity index (χ1) is 8.36. The largest absolute Gasteiger partial charge is 0.378 e. The molecule has 1 rings (SSSR count). The Morgan fingerprint density at radius 1 is 1.12 bits per heavy atom. The van der Waals surface area contributed by atoms with Crippen LogP contribution in [0.15, 0.2) is 0 Å². The zero-order valence-electron chi connectivity index (χ0n) is 11.8. The van der Waals surface area contributed by atoms with Crippen LogP contribution in [0.25, 0.3) is 0 Å². The highest BCUT2D eigenvalue weighted by Gasteiger charge is 2.12. The van der Waals surface area contributed by atoms with E-state index in [0.717, 1.165) is 25.5 Å². The molecule has 1 aliphatic rings. The summed E-state index contributed by atoms with van der Waals surface area (Å²) in [6.07, 6.45) is 11.1. The van der Waals surface area contributed by atoms with E-state index in [9.17, 15) is 0 Å². The Morgan fingerprint density at radius 2 is 1.82 bits per heavy atom. The van der Waals surface area contributed by atoms with Crippen molar-refractivity contribution in [2.24, 2.45) is 5.92 Å². The molecule has 1 saturated carbocycles. The highest BCUT2D eigenvalue weighted by molar-refractivity contribution is 4.65. The van der Waals surface area contributed by atoms with E-state index in [2.05, 4.69) is 19.2 Å². The van der Waals surface area contributed by atoms with E-state index in [-0.39, 0.29) is 0 Å². The zero-order chi connectivity index (χ0) is 12.3. The van der Waals surface area contributed by atoms with Crippen molar-refractivity contribution in [3.8, 4) is 0 Å². The molecule has 0 atom stereocenters. The van der Waals surface area contributed by atoms with E-state index in [1.807, 2.05) is 0 Å². The Balaban J connectivity index is 1.86. The molecule has 0 radical (unpaired) electrons. The number of hydrogen-bond acceptors (Lipinski definition) is 2. The second kappa shape index (κ2) is 9.90. The zero-order valence-corrected chi connectivity index (χ0v) is 11.8. The van der Waals surface area contributed by atoms with Gasteiger partial charge in [-0.25, -0.2) is 0 Å². The van der Waals surface area contributed by atoms with Crippen LogP contribution < -0.4 is 5.32 Å². The fourth-order valence-electron chi connectivity index (χ4n) is 2.56. The van der Waals surface area contributed by atoms with Gasteiger partial charge >= 0.3 is 0 Å². The normalized spacial score (nSPS) is 17.8. The summed E-state index contributed by atoms with van der Waals surface area (Å²) in [7, 11) is 0. The standard InChI is InChI=1S/C15H31NO/c1-3-14(4-2)13-16-11-8-12-17-15-9-6-5-7-10-15/h14-16H,3-13H2,1-2H3. The maximum atomic E-state index is 5.90. The molecule has 0 spiro atoms. The van der Waals surface area contributed by atoms with Crippen LogP contribution in [0.4, 0.5) is 0 Å². The van der Waals surface area contributed by atoms with Gasteiger partial charge in [0.15, 0.2) is 0 Å². The van der Waals surface area contributed by atoms with Crippen LogP contribution in [0.5, 0.6) is 0 Å². The number of ether oxygens (including phenoxy) is 1. The molecule has 0 saturated heterocycles. The van der Waals surface area contributed by atoms with Crippen molar-refractivity contribution in [1.82, 2.24) is 5.32 Å². The lowest BCUT2D eigenvalue weighted by molar-refractivity contribution is 0.0272. The van der Waals surface area contributed by atoms with E-state index in [1.54, 1.807) is 0 Å². The molecule has 0 amide bonds. The number of rotatable bonds is 9. The van der Waals surface area contributed by atoms with Crippen molar-refractivity contribution in [3.05, 3.63) is 0 Å². The third-order valence-corrected chi connectivity index (χ3v) is 3.99. The molecule has 0 heterocycles. The molecule has 0 bridgehead atoms. The van der Waals surface area contributed by atoms with Gasteiger partial charge in [0.1, 0.15) is 0 Å². The summed E-state index contributed by atoms with van der Waals surface area (Å²) in [5.41, 5.74) is 0. The summed E-state index contributed by atoms with van der Waals surface area (Å²) in [5.74, 6) is 0.856. The molecule has 0 aromatic heterocycles. The fraction of sp³-hybridized carbons (Fsp3) is 1.00. The van der Waals surface area contributed by atoms with Gasteiger partial charge in [0, 0.05) is 6.61 Å². The Kier molecular flexibility index (Phi) is 8.72. The van der Waals surface area contributed by atoms with Crippen LogP contribution >= 0.6 is 0 Å². The van der Waals surface area contributed by atoms with Gasteiger partial charge in [-0.15, -0.1) is 0 Å². The van der Waals surface area contributed by atoms with Crippen LogP contribution in [-0.2, 0) is 4.74 Å². The predicted octanol–water partition coefficient (Wildman–Crippen LogP) is 3.75. The second-order valence-corrected chi connectivity index (χ2v) is 5.37.